The molecule has 3 atom stereocenters. The Morgan fingerprint density at radius 1 is 0.276 bits per heavy atom. The lowest BCUT2D eigenvalue weighted by molar-refractivity contribution is -0.166. The van der Waals surface area contributed by atoms with Crippen molar-refractivity contribution in [2.75, 3.05) is 19.8 Å². The molecule has 0 rings (SSSR count). The predicted molar refractivity (Wildman–Crippen MR) is 393 cm³/mol. The van der Waals surface area contributed by atoms with Gasteiger partial charge in [0.1, 0.15) is 6.29 Å². The Bertz CT molecular complexity index is 1110. The van der Waals surface area contributed by atoms with E-state index in [1.165, 1.54) is 385 Å². The van der Waals surface area contributed by atoms with Gasteiger partial charge in [-0.25, -0.2) is 0 Å². The van der Waals surface area contributed by atoms with Gasteiger partial charge >= 0.3 is 0 Å². The third-order valence-electron chi connectivity index (χ3n) is 18.8. The maximum atomic E-state index is 9.62. The molecule has 0 saturated carbocycles. The van der Waals surface area contributed by atoms with Gasteiger partial charge in [-0.05, 0) is 68.1 Å². The first-order valence-electron chi connectivity index (χ1n) is 40.5. The van der Waals surface area contributed by atoms with Gasteiger partial charge in [0.25, 0.3) is 0 Å². The monoisotopic (exact) mass is 1240 g/mol. The minimum atomic E-state index is -0.0254. The van der Waals surface area contributed by atoms with Crippen LogP contribution in [0.25, 0.3) is 0 Å². The Hall–Kier alpha value is -0.490. The van der Waals surface area contributed by atoms with Crippen LogP contribution < -0.4 is 0 Å². The van der Waals surface area contributed by atoms with E-state index in [0.29, 0.717) is 42.6 Å². The van der Waals surface area contributed by atoms with Gasteiger partial charge in [-0.2, -0.15) is 0 Å². The Labute approximate surface area is 551 Å². The van der Waals surface area contributed by atoms with Gasteiger partial charge in [0.15, 0.2) is 6.29 Å². The van der Waals surface area contributed by atoms with E-state index < -0.39 is 0 Å². The highest BCUT2D eigenvalue weighted by molar-refractivity contribution is 5.49. The van der Waals surface area contributed by atoms with E-state index in [4.69, 9.17) is 9.47 Å². The molecule has 3 unspecified atom stereocenters. The molecule has 5 heteroatoms. The van der Waals surface area contributed by atoms with Gasteiger partial charge in [0, 0.05) is 19.4 Å². The summed E-state index contributed by atoms with van der Waals surface area (Å²) in [5.74, 6) is 3.11. The Morgan fingerprint density at radius 2 is 0.460 bits per heavy atom. The summed E-state index contributed by atoms with van der Waals surface area (Å²) in [6, 6.07) is 0. The normalized spacial score (nSPS) is 12.8. The lowest BCUT2D eigenvalue weighted by Gasteiger charge is -2.26. The van der Waals surface area contributed by atoms with Crippen LogP contribution in [0.4, 0.5) is 0 Å². The fraction of sp³-hybridized carbons (Fsp3) is 0.988. The number of aliphatic hydroxyl groups is 1. The first-order valence-corrected chi connectivity index (χ1v) is 40.5. The Kier molecular flexibility index (Phi) is 89.2. The van der Waals surface area contributed by atoms with Crippen LogP contribution in [0.3, 0.4) is 0 Å². The minimum Gasteiger partial charge on any atom is -0.412 e. The molecule has 0 amide bonds. The number of rotatable bonds is 71. The zero-order valence-electron chi connectivity index (χ0n) is 62.2. The second-order valence-corrected chi connectivity index (χ2v) is 29.0. The van der Waals surface area contributed by atoms with Crippen molar-refractivity contribution in [2.24, 2.45) is 29.6 Å². The van der Waals surface area contributed by atoms with E-state index in [0.717, 1.165) is 25.9 Å². The van der Waals surface area contributed by atoms with E-state index in [9.17, 15) is 9.90 Å². The van der Waals surface area contributed by atoms with Gasteiger partial charge < -0.3 is 24.9 Å². The van der Waals surface area contributed by atoms with E-state index in [-0.39, 0.29) is 11.8 Å². The summed E-state index contributed by atoms with van der Waals surface area (Å²) in [6.45, 7) is 24.8. The van der Waals surface area contributed by atoms with Crippen LogP contribution >= 0.6 is 0 Å². The fourth-order valence-corrected chi connectivity index (χ4v) is 12.7. The van der Waals surface area contributed by atoms with Gasteiger partial charge in [-0.1, -0.05) is 416 Å². The van der Waals surface area contributed by atoms with E-state index >= 15 is 0 Å². The topological polar surface area (TPSA) is 87.3 Å². The molecular formula is C82H170O5. The highest BCUT2D eigenvalue weighted by Gasteiger charge is 2.19. The van der Waals surface area contributed by atoms with Crippen LogP contribution in [0.2, 0.25) is 0 Å². The molecule has 3 N–H and O–H groups in total. The van der Waals surface area contributed by atoms with Crippen LogP contribution in [0.15, 0.2) is 0 Å². The lowest BCUT2D eigenvalue weighted by atomic mass is 9.94. The van der Waals surface area contributed by atoms with Crippen molar-refractivity contribution in [3.05, 3.63) is 0 Å². The van der Waals surface area contributed by atoms with E-state index in [1.807, 2.05) is 13.8 Å². The average molecular weight is 1240 g/mol. The molecular weight excluding hydrogens is 1060 g/mol. The zero-order valence-corrected chi connectivity index (χ0v) is 62.2. The van der Waals surface area contributed by atoms with E-state index in [1.54, 1.807) is 0 Å². The maximum absolute atomic E-state index is 9.62. The zero-order chi connectivity index (χ0) is 63.5. The number of aliphatic hydroxyl groups excluding tert-OH is 1. The third-order valence-corrected chi connectivity index (χ3v) is 18.8. The second-order valence-electron chi connectivity index (χ2n) is 29.0. The van der Waals surface area contributed by atoms with Crippen LogP contribution in [0, 0.1) is 29.6 Å². The summed E-state index contributed by atoms with van der Waals surface area (Å²) < 4.78 is 13.6. The second kappa shape index (κ2) is 83.5. The highest BCUT2D eigenvalue weighted by atomic mass is 16.7. The van der Waals surface area contributed by atoms with Crippen molar-refractivity contribution in [2.45, 2.75) is 474 Å². The van der Waals surface area contributed by atoms with Crippen molar-refractivity contribution in [3.63, 3.8) is 0 Å². The van der Waals surface area contributed by atoms with Gasteiger partial charge in [-0.3, -0.25) is 0 Å². The van der Waals surface area contributed by atoms with Gasteiger partial charge in [-0.15, -0.1) is 0 Å². The number of aldehydes is 1. The summed E-state index contributed by atoms with van der Waals surface area (Å²) in [7, 11) is 0. The molecule has 0 aliphatic heterocycles. The Balaban J connectivity index is -0.000000887. The smallest absolute Gasteiger partial charge is 0.157 e. The Morgan fingerprint density at radius 3 is 0.609 bits per heavy atom. The van der Waals surface area contributed by atoms with Gasteiger partial charge in [0.05, 0.1) is 13.2 Å². The molecule has 0 radical (unpaired) electrons. The standard InChI is InChI=1S/C53H108O2.C24H50O.C5H10O.H2O/c1-7-11-15-19-23-27-29-33-37-41-45-51(43-39-35-31-25-21-17-13-9-3)48-54-53(47-50(5)6)55-49-52(44-40-36-32-26-22-18-14-10-4)46-42-38-34-30-28-24-20-16-12-8-2;1-3-5-7-9-11-13-14-16-18-20-22-24(23-25)21-19-17-15-12-10-8-6-4-2;1-5(2)3-4-6;/h50-53H,7-49H2,1-6H3;24-25H,3-23H2,1-2H3;4-5H,3H2,1-2H3;1H2. The molecule has 0 spiro atoms. The third kappa shape index (κ3) is 83.5. The summed E-state index contributed by atoms with van der Waals surface area (Å²) >= 11 is 0. The summed E-state index contributed by atoms with van der Waals surface area (Å²) in [4.78, 5) is 9.62. The number of unbranched alkanes of at least 4 members (excludes halogenated alkanes) is 48. The number of ether oxygens (including phenoxy) is 2. The first-order chi connectivity index (χ1) is 42.2. The molecule has 0 aromatic rings. The van der Waals surface area contributed by atoms with Crippen LogP contribution in [0.1, 0.15) is 467 Å². The van der Waals surface area contributed by atoms with Gasteiger partial charge in [0.2, 0.25) is 0 Å². The number of hydrogen-bond donors (Lipinski definition) is 1. The van der Waals surface area contributed by atoms with Crippen molar-refractivity contribution in [1.82, 2.24) is 0 Å². The SMILES string of the molecule is CC(C)CC=O.CCCCCCCCCCCCC(CCCCCCCCCC)COC(CC(C)C)OCC(CCCCCCCCCC)CCCCCCCCCCCC.CCCCCCCCCCCCC(CO)CCCCCCCCCC.O. The average Bonchev–Trinajstić information content (AvgIpc) is 3.55. The lowest BCUT2D eigenvalue weighted by Crippen LogP contribution is -2.26. The van der Waals surface area contributed by atoms with Crippen LogP contribution in [0.5, 0.6) is 0 Å². The molecule has 0 aliphatic rings. The molecule has 0 bridgehead atoms. The fourth-order valence-electron chi connectivity index (χ4n) is 12.7. The van der Waals surface area contributed by atoms with Crippen molar-refractivity contribution < 1.29 is 24.9 Å². The molecule has 0 aliphatic carbocycles. The molecule has 0 fully saturated rings. The largest absolute Gasteiger partial charge is 0.412 e. The number of carbonyl (C=O) groups excluding carboxylic acids is 1. The van der Waals surface area contributed by atoms with E-state index in [2.05, 4.69) is 55.4 Å². The summed E-state index contributed by atoms with van der Waals surface area (Å²) in [5.41, 5.74) is 0. The molecule has 5 nitrogen and oxygen atoms in total. The number of carbonyl (C=O) groups is 1. The maximum Gasteiger partial charge on any atom is 0.157 e. The molecule has 0 saturated heterocycles. The molecule has 87 heavy (non-hydrogen) atoms. The molecule has 0 heterocycles. The van der Waals surface area contributed by atoms with Crippen molar-refractivity contribution >= 4 is 6.29 Å². The molecule has 0 aromatic carbocycles. The number of hydrogen-bond acceptors (Lipinski definition) is 4. The summed E-state index contributed by atoms with van der Waals surface area (Å²) in [5, 5.41) is 9.57. The van der Waals surface area contributed by atoms with Crippen molar-refractivity contribution in [3.8, 4) is 0 Å². The quantitative estimate of drug-likeness (QED) is 0.0373. The highest BCUT2D eigenvalue weighted by Crippen LogP contribution is 2.26. The van der Waals surface area contributed by atoms with Crippen LogP contribution in [-0.2, 0) is 14.3 Å². The summed E-state index contributed by atoms with van der Waals surface area (Å²) in [6.07, 6.45) is 86.8. The predicted octanol–water partition coefficient (Wildman–Crippen LogP) is 28.2. The molecule has 0 aromatic heterocycles. The molecule has 528 valence electrons. The van der Waals surface area contributed by atoms with Crippen LogP contribution in [-0.4, -0.2) is 43.0 Å². The first kappa shape index (κ1) is 92.9. The van der Waals surface area contributed by atoms with Crippen molar-refractivity contribution in [1.29, 1.82) is 0 Å². The minimum absolute atomic E-state index is 0.